The van der Waals surface area contributed by atoms with Gasteiger partial charge in [0.1, 0.15) is 0 Å². The van der Waals surface area contributed by atoms with Gasteiger partial charge in [-0.2, -0.15) is 0 Å². The van der Waals surface area contributed by atoms with Crippen molar-refractivity contribution in [2.45, 2.75) is 44.2 Å². The molecule has 2 aromatic carbocycles. The molecule has 2 atom stereocenters. The van der Waals surface area contributed by atoms with Gasteiger partial charge >= 0.3 is 0 Å². The Hall–Kier alpha value is -2.13. The van der Waals surface area contributed by atoms with Crippen molar-refractivity contribution in [1.82, 2.24) is 4.90 Å². The standard InChI is InChI=1S/C22H25NO2/c24-22(23-14-15-25-21-13-7-6-12-20(21)23)19-11-5-4-10-18(19)16-17-8-2-1-3-9-17/h1-5,8-11,20-21H,6-7,12-16H2/t20-,21-/m1/s1. The molecule has 130 valence electrons. The Morgan fingerprint density at radius 3 is 2.64 bits per heavy atom. The van der Waals surface area contributed by atoms with E-state index < -0.39 is 0 Å². The van der Waals surface area contributed by atoms with Crippen molar-refractivity contribution in [3.05, 3.63) is 71.3 Å². The van der Waals surface area contributed by atoms with Gasteiger partial charge in [-0.25, -0.2) is 0 Å². The maximum absolute atomic E-state index is 13.3. The molecule has 1 heterocycles. The largest absolute Gasteiger partial charge is 0.374 e. The van der Waals surface area contributed by atoms with Crippen LogP contribution >= 0.6 is 0 Å². The summed E-state index contributed by atoms with van der Waals surface area (Å²) in [6.07, 6.45) is 5.58. The first kappa shape index (κ1) is 16.3. The van der Waals surface area contributed by atoms with Gasteiger partial charge in [0.15, 0.2) is 0 Å². The predicted octanol–water partition coefficient (Wildman–Crippen LogP) is 4.06. The number of hydrogen-bond donors (Lipinski definition) is 0. The minimum absolute atomic E-state index is 0.173. The summed E-state index contributed by atoms with van der Waals surface area (Å²) in [6, 6.07) is 18.7. The number of morpholine rings is 1. The smallest absolute Gasteiger partial charge is 0.254 e. The van der Waals surface area contributed by atoms with Crippen molar-refractivity contribution >= 4 is 5.91 Å². The molecule has 2 aliphatic rings. The average molecular weight is 335 g/mol. The van der Waals surface area contributed by atoms with Crippen LogP contribution in [0.1, 0.15) is 47.2 Å². The van der Waals surface area contributed by atoms with E-state index in [1.807, 2.05) is 36.4 Å². The molecular formula is C22H25NO2. The predicted molar refractivity (Wildman–Crippen MR) is 98.7 cm³/mol. The Balaban J connectivity index is 1.59. The van der Waals surface area contributed by atoms with E-state index >= 15 is 0 Å². The normalized spacial score (nSPS) is 23.1. The van der Waals surface area contributed by atoms with Crippen LogP contribution in [0.2, 0.25) is 0 Å². The van der Waals surface area contributed by atoms with Gasteiger partial charge in [-0.3, -0.25) is 4.79 Å². The van der Waals surface area contributed by atoms with Crippen LogP contribution in [0, 0.1) is 0 Å². The summed E-state index contributed by atoms with van der Waals surface area (Å²) in [6.45, 7) is 1.37. The summed E-state index contributed by atoms with van der Waals surface area (Å²) in [7, 11) is 0. The first-order valence-corrected chi connectivity index (χ1v) is 9.37. The third-order valence-electron chi connectivity index (χ3n) is 5.48. The van der Waals surface area contributed by atoms with Crippen LogP contribution < -0.4 is 0 Å². The highest BCUT2D eigenvalue weighted by molar-refractivity contribution is 5.96. The van der Waals surface area contributed by atoms with E-state index in [1.165, 1.54) is 18.4 Å². The second kappa shape index (κ2) is 7.40. The lowest BCUT2D eigenvalue weighted by atomic mass is 9.89. The Labute approximate surface area is 149 Å². The number of carbonyl (C=O) groups is 1. The third-order valence-corrected chi connectivity index (χ3v) is 5.48. The van der Waals surface area contributed by atoms with Gasteiger partial charge in [0.25, 0.3) is 5.91 Å². The summed E-state index contributed by atoms with van der Waals surface area (Å²) in [4.78, 5) is 15.4. The van der Waals surface area contributed by atoms with Crippen LogP contribution in [0.25, 0.3) is 0 Å². The van der Waals surface area contributed by atoms with E-state index in [2.05, 4.69) is 23.1 Å². The van der Waals surface area contributed by atoms with E-state index in [9.17, 15) is 4.79 Å². The summed E-state index contributed by atoms with van der Waals surface area (Å²) < 4.78 is 5.93. The van der Waals surface area contributed by atoms with E-state index in [4.69, 9.17) is 4.74 Å². The lowest BCUT2D eigenvalue weighted by Crippen LogP contribution is -2.54. The summed E-state index contributed by atoms with van der Waals surface area (Å²) in [5, 5.41) is 0. The van der Waals surface area contributed by atoms with Crippen LogP contribution in [-0.2, 0) is 11.2 Å². The number of ether oxygens (including phenoxy) is 1. The molecule has 3 heteroatoms. The van der Waals surface area contributed by atoms with Crippen LogP contribution in [0.5, 0.6) is 0 Å². The summed E-state index contributed by atoms with van der Waals surface area (Å²) in [5.74, 6) is 0.173. The molecule has 2 fully saturated rings. The molecule has 3 nitrogen and oxygen atoms in total. The minimum atomic E-state index is 0.173. The second-order valence-electron chi connectivity index (χ2n) is 7.08. The Morgan fingerprint density at radius 2 is 1.76 bits per heavy atom. The fourth-order valence-electron chi connectivity index (χ4n) is 4.20. The van der Waals surface area contributed by atoms with Gasteiger partial charge in [-0.15, -0.1) is 0 Å². The SMILES string of the molecule is O=C(c1ccccc1Cc1ccccc1)N1CCO[C@@H]2CCCC[C@H]21. The van der Waals surface area contributed by atoms with Crippen molar-refractivity contribution in [2.75, 3.05) is 13.2 Å². The zero-order valence-corrected chi connectivity index (χ0v) is 14.6. The van der Waals surface area contributed by atoms with Crippen LogP contribution in [-0.4, -0.2) is 36.1 Å². The van der Waals surface area contributed by atoms with E-state index in [-0.39, 0.29) is 18.1 Å². The second-order valence-corrected chi connectivity index (χ2v) is 7.08. The first-order valence-electron chi connectivity index (χ1n) is 9.37. The molecule has 1 aliphatic carbocycles. The highest BCUT2D eigenvalue weighted by Crippen LogP contribution is 2.30. The zero-order valence-electron chi connectivity index (χ0n) is 14.6. The van der Waals surface area contributed by atoms with Crippen LogP contribution in [0.4, 0.5) is 0 Å². The van der Waals surface area contributed by atoms with Crippen LogP contribution in [0.15, 0.2) is 54.6 Å². The van der Waals surface area contributed by atoms with Crippen molar-refractivity contribution < 1.29 is 9.53 Å². The number of carbonyl (C=O) groups excluding carboxylic acids is 1. The summed E-state index contributed by atoms with van der Waals surface area (Å²) >= 11 is 0. The number of nitrogens with zero attached hydrogens (tertiary/aromatic N) is 1. The van der Waals surface area contributed by atoms with Gasteiger partial charge in [-0.1, -0.05) is 61.4 Å². The Kier molecular flexibility index (Phi) is 4.84. The fraction of sp³-hybridized carbons (Fsp3) is 0.409. The number of rotatable bonds is 3. The lowest BCUT2D eigenvalue weighted by molar-refractivity contribution is -0.0753. The quantitative estimate of drug-likeness (QED) is 0.846. The first-order chi connectivity index (χ1) is 12.3. The zero-order chi connectivity index (χ0) is 17.1. The van der Waals surface area contributed by atoms with Gasteiger partial charge in [0.05, 0.1) is 18.8 Å². The van der Waals surface area contributed by atoms with E-state index in [0.29, 0.717) is 13.2 Å². The molecule has 0 spiro atoms. The molecule has 4 rings (SSSR count). The Morgan fingerprint density at radius 1 is 1.00 bits per heavy atom. The van der Waals surface area contributed by atoms with Gasteiger partial charge < -0.3 is 9.64 Å². The van der Waals surface area contributed by atoms with Crippen molar-refractivity contribution in [2.24, 2.45) is 0 Å². The molecule has 1 saturated carbocycles. The highest BCUT2D eigenvalue weighted by atomic mass is 16.5. The molecule has 25 heavy (non-hydrogen) atoms. The molecule has 0 bridgehead atoms. The third kappa shape index (κ3) is 3.47. The van der Waals surface area contributed by atoms with E-state index in [1.54, 1.807) is 0 Å². The number of hydrogen-bond acceptors (Lipinski definition) is 2. The monoisotopic (exact) mass is 335 g/mol. The molecule has 0 aromatic heterocycles. The maximum Gasteiger partial charge on any atom is 0.254 e. The minimum Gasteiger partial charge on any atom is -0.374 e. The molecule has 0 unspecified atom stereocenters. The fourth-order valence-corrected chi connectivity index (χ4v) is 4.20. The van der Waals surface area contributed by atoms with Gasteiger partial charge in [0, 0.05) is 12.1 Å². The van der Waals surface area contributed by atoms with Crippen molar-refractivity contribution in [1.29, 1.82) is 0 Å². The average Bonchev–Trinajstić information content (AvgIpc) is 2.68. The highest BCUT2D eigenvalue weighted by Gasteiger charge is 2.37. The topological polar surface area (TPSA) is 29.5 Å². The van der Waals surface area contributed by atoms with Crippen LogP contribution in [0.3, 0.4) is 0 Å². The summed E-state index contributed by atoms with van der Waals surface area (Å²) in [5.41, 5.74) is 3.19. The number of fused-ring (bicyclic) bond motifs is 1. The number of amides is 1. The lowest BCUT2D eigenvalue weighted by Gasteiger charge is -2.44. The van der Waals surface area contributed by atoms with Crippen molar-refractivity contribution in [3.8, 4) is 0 Å². The molecular weight excluding hydrogens is 310 g/mol. The van der Waals surface area contributed by atoms with Crippen molar-refractivity contribution in [3.63, 3.8) is 0 Å². The molecule has 0 radical (unpaired) electrons. The number of benzene rings is 2. The van der Waals surface area contributed by atoms with Gasteiger partial charge in [-0.05, 0) is 36.5 Å². The maximum atomic E-state index is 13.3. The molecule has 1 saturated heterocycles. The molecule has 2 aromatic rings. The molecule has 1 amide bonds. The molecule has 1 aliphatic heterocycles. The Bertz CT molecular complexity index is 726. The molecule has 0 N–H and O–H groups in total. The van der Waals surface area contributed by atoms with Gasteiger partial charge in [0.2, 0.25) is 0 Å². The van der Waals surface area contributed by atoms with E-state index in [0.717, 1.165) is 30.4 Å².